The van der Waals surface area contributed by atoms with Gasteiger partial charge < -0.3 is 4.57 Å². The number of hydrogen-bond donors (Lipinski definition) is 0. The van der Waals surface area contributed by atoms with Crippen LogP contribution in [0.2, 0.25) is 0 Å². The average molecular weight is 588 g/mol. The second kappa shape index (κ2) is 10.2. The molecule has 9 rings (SSSR count). The first-order valence-corrected chi connectivity index (χ1v) is 16.1. The fourth-order valence-corrected chi connectivity index (χ4v) is 7.65. The molecule has 0 atom stereocenters. The molecule has 1 heterocycles. The van der Waals surface area contributed by atoms with Crippen LogP contribution in [0.15, 0.2) is 164 Å². The Labute approximate surface area is 270 Å². The predicted octanol–water partition coefficient (Wildman–Crippen LogP) is 12.1. The Bertz CT molecular complexity index is 2430. The Morgan fingerprint density at radius 1 is 0.370 bits per heavy atom. The quantitative estimate of drug-likeness (QED) is 0.193. The number of hydrogen-bond acceptors (Lipinski definition) is 0. The van der Waals surface area contributed by atoms with Gasteiger partial charge in [-0.15, -0.1) is 0 Å². The van der Waals surface area contributed by atoms with Crippen molar-refractivity contribution < 1.29 is 0 Å². The van der Waals surface area contributed by atoms with Crippen LogP contribution in [0.5, 0.6) is 0 Å². The Morgan fingerprint density at radius 3 is 1.72 bits per heavy atom. The van der Waals surface area contributed by atoms with Gasteiger partial charge in [-0.1, -0.05) is 129 Å². The molecule has 1 aliphatic carbocycles. The van der Waals surface area contributed by atoms with Crippen LogP contribution in [0.25, 0.3) is 72.0 Å². The Hall–Kier alpha value is -5.66. The third-order valence-electron chi connectivity index (χ3n) is 9.98. The number of benzene rings is 7. The Kier molecular flexibility index (Phi) is 5.92. The average Bonchev–Trinajstić information content (AvgIpc) is 3.57. The molecule has 0 unspecified atom stereocenters. The molecule has 8 aromatic rings. The molecule has 0 aliphatic heterocycles. The van der Waals surface area contributed by atoms with E-state index in [1.54, 1.807) is 0 Å². The zero-order valence-electron chi connectivity index (χ0n) is 26.0. The SMILES string of the molecule is CC1(C)c2ccccc2-c2ccc(-c3cc(-c4ccccc4)cc(-c4ccc5c6ccccc6n(-c6ccccc6)c5c4)c3)cc21. The van der Waals surface area contributed by atoms with Crippen LogP contribution in [0.4, 0.5) is 0 Å². The molecule has 1 aliphatic rings. The van der Waals surface area contributed by atoms with Crippen LogP contribution in [-0.2, 0) is 5.41 Å². The van der Waals surface area contributed by atoms with Gasteiger partial charge in [0.25, 0.3) is 0 Å². The monoisotopic (exact) mass is 587 g/mol. The smallest absolute Gasteiger partial charge is 0.0547 e. The van der Waals surface area contributed by atoms with E-state index in [-0.39, 0.29) is 5.41 Å². The molecule has 0 bridgehead atoms. The van der Waals surface area contributed by atoms with Gasteiger partial charge in [0.05, 0.1) is 11.0 Å². The summed E-state index contributed by atoms with van der Waals surface area (Å²) in [6.45, 7) is 4.71. The minimum absolute atomic E-state index is 0.0440. The first kappa shape index (κ1) is 26.7. The topological polar surface area (TPSA) is 4.93 Å². The molecule has 0 fully saturated rings. The lowest BCUT2D eigenvalue weighted by Gasteiger charge is -2.22. The van der Waals surface area contributed by atoms with Crippen molar-refractivity contribution in [3.8, 4) is 50.2 Å². The molecule has 1 nitrogen and oxygen atoms in total. The number of rotatable bonds is 4. The van der Waals surface area contributed by atoms with Gasteiger partial charge in [0.15, 0.2) is 0 Å². The van der Waals surface area contributed by atoms with Crippen molar-refractivity contribution in [1.29, 1.82) is 0 Å². The third-order valence-corrected chi connectivity index (χ3v) is 9.98. The minimum Gasteiger partial charge on any atom is -0.309 e. The number of para-hydroxylation sites is 2. The first-order chi connectivity index (χ1) is 22.6. The van der Waals surface area contributed by atoms with Gasteiger partial charge in [0.1, 0.15) is 0 Å². The molecule has 0 N–H and O–H groups in total. The van der Waals surface area contributed by atoms with Crippen LogP contribution in [-0.4, -0.2) is 4.57 Å². The molecule has 218 valence electrons. The number of fused-ring (bicyclic) bond motifs is 6. The van der Waals surface area contributed by atoms with Gasteiger partial charge in [0.2, 0.25) is 0 Å². The summed E-state index contributed by atoms with van der Waals surface area (Å²) in [4.78, 5) is 0. The van der Waals surface area contributed by atoms with E-state index < -0.39 is 0 Å². The highest BCUT2D eigenvalue weighted by molar-refractivity contribution is 6.10. The van der Waals surface area contributed by atoms with E-state index >= 15 is 0 Å². The highest BCUT2D eigenvalue weighted by Crippen LogP contribution is 2.50. The predicted molar refractivity (Wildman–Crippen MR) is 195 cm³/mol. The van der Waals surface area contributed by atoms with Crippen LogP contribution < -0.4 is 0 Å². The normalized spacial score (nSPS) is 13.2. The molecular formula is C45H33N. The van der Waals surface area contributed by atoms with Gasteiger partial charge in [-0.3, -0.25) is 0 Å². The minimum atomic E-state index is -0.0440. The van der Waals surface area contributed by atoms with Crippen molar-refractivity contribution >= 4 is 21.8 Å². The Morgan fingerprint density at radius 2 is 0.935 bits per heavy atom. The van der Waals surface area contributed by atoms with Crippen LogP contribution in [0.1, 0.15) is 25.0 Å². The molecule has 0 saturated heterocycles. The molecular weight excluding hydrogens is 555 g/mol. The van der Waals surface area contributed by atoms with E-state index in [1.165, 1.54) is 83.1 Å². The standard InChI is InChI=1S/C45H33N/c1-45(2)41-19-11-9-17-37(41)38-23-21-31(28-42(38)45)34-25-33(30-13-5-3-6-14-30)26-35(27-34)32-22-24-40-39-18-10-12-20-43(39)46(44(40)29-32)36-15-7-4-8-16-36/h3-29H,1-2H3. The van der Waals surface area contributed by atoms with Crippen LogP contribution in [0, 0.1) is 0 Å². The van der Waals surface area contributed by atoms with Gasteiger partial charge in [-0.2, -0.15) is 0 Å². The van der Waals surface area contributed by atoms with Crippen LogP contribution in [0.3, 0.4) is 0 Å². The molecule has 46 heavy (non-hydrogen) atoms. The lowest BCUT2D eigenvalue weighted by Crippen LogP contribution is -2.14. The van der Waals surface area contributed by atoms with Crippen molar-refractivity contribution in [3.05, 3.63) is 175 Å². The molecule has 0 radical (unpaired) electrons. The summed E-state index contributed by atoms with van der Waals surface area (Å²) in [6.07, 6.45) is 0. The Balaban J connectivity index is 1.25. The second-order valence-electron chi connectivity index (χ2n) is 13.0. The third kappa shape index (κ3) is 4.09. The van der Waals surface area contributed by atoms with Gasteiger partial charge in [-0.25, -0.2) is 0 Å². The number of aromatic nitrogens is 1. The zero-order valence-corrected chi connectivity index (χ0v) is 26.0. The van der Waals surface area contributed by atoms with E-state index in [0.717, 1.165) is 0 Å². The summed E-state index contributed by atoms with van der Waals surface area (Å²) in [7, 11) is 0. The van der Waals surface area contributed by atoms with E-state index in [2.05, 4.69) is 182 Å². The maximum absolute atomic E-state index is 2.43. The van der Waals surface area contributed by atoms with Crippen molar-refractivity contribution in [2.45, 2.75) is 19.3 Å². The molecule has 0 saturated carbocycles. The number of nitrogens with zero attached hydrogens (tertiary/aromatic N) is 1. The lowest BCUT2D eigenvalue weighted by molar-refractivity contribution is 0.660. The fraction of sp³-hybridized carbons (Fsp3) is 0.0667. The van der Waals surface area contributed by atoms with E-state index in [1.807, 2.05) is 0 Å². The summed E-state index contributed by atoms with van der Waals surface area (Å²) >= 11 is 0. The van der Waals surface area contributed by atoms with Crippen molar-refractivity contribution in [2.24, 2.45) is 0 Å². The maximum Gasteiger partial charge on any atom is 0.0547 e. The largest absolute Gasteiger partial charge is 0.309 e. The second-order valence-corrected chi connectivity index (χ2v) is 13.0. The molecule has 7 aromatic carbocycles. The summed E-state index contributed by atoms with van der Waals surface area (Å²) in [5, 5.41) is 2.54. The van der Waals surface area contributed by atoms with Crippen molar-refractivity contribution in [1.82, 2.24) is 4.57 Å². The van der Waals surface area contributed by atoms with Crippen molar-refractivity contribution in [2.75, 3.05) is 0 Å². The molecule has 1 heteroatoms. The van der Waals surface area contributed by atoms with Gasteiger partial charge in [0, 0.05) is 21.9 Å². The summed E-state index contributed by atoms with van der Waals surface area (Å²) in [5.74, 6) is 0. The maximum atomic E-state index is 2.43. The van der Waals surface area contributed by atoms with E-state index in [4.69, 9.17) is 0 Å². The lowest BCUT2D eigenvalue weighted by atomic mass is 9.81. The van der Waals surface area contributed by atoms with E-state index in [9.17, 15) is 0 Å². The van der Waals surface area contributed by atoms with Crippen LogP contribution >= 0.6 is 0 Å². The van der Waals surface area contributed by atoms with Crippen molar-refractivity contribution in [3.63, 3.8) is 0 Å². The molecule has 0 spiro atoms. The fourth-order valence-electron chi connectivity index (χ4n) is 7.65. The van der Waals surface area contributed by atoms with E-state index in [0.29, 0.717) is 0 Å². The highest BCUT2D eigenvalue weighted by atomic mass is 15.0. The zero-order chi connectivity index (χ0) is 30.8. The summed E-state index contributed by atoms with van der Waals surface area (Å²) in [6, 6.07) is 60.2. The highest BCUT2D eigenvalue weighted by Gasteiger charge is 2.35. The molecule has 1 aromatic heterocycles. The van der Waals surface area contributed by atoms with Gasteiger partial charge >= 0.3 is 0 Å². The van der Waals surface area contributed by atoms with Gasteiger partial charge in [-0.05, 0) is 104 Å². The first-order valence-electron chi connectivity index (χ1n) is 16.1. The summed E-state index contributed by atoms with van der Waals surface area (Å²) < 4.78 is 2.40. The molecule has 0 amide bonds. The summed E-state index contributed by atoms with van der Waals surface area (Å²) in [5.41, 5.74) is 16.4.